The minimum Gasteiger partial charge on any atom is -0.496 e. The average molecular weight is 478 g/mol. The van der Waals surface area contributed by atoms with E-state index in [1.54, 1.807) is 14.0 Å². The van der Waals surface area contributed by atoms with Gasteiger partial charge in [0.2, 0.25) is 0 Å². The van der Waals surface area contributed by atoms with Crippen molar-refractivity contribution in [2.24, 2.45) is 0 Å². The molecule has 8 nitrogen and oxygen atoms in total. The third-order valence-corrected chi connectivity index (χ3v) is 6.11. The molecule has 2 heterocycles. The van der Waals surface area contributed by atoms with Crippen LogP contribution in [0.4, 0.5) is 5.82 Å². The Morgan fingerprint density at radius 3 is 2.57 bits per heavy atom. The number of aryl methyl sites for hydroxylation is 1. The topological polar surface area (TPSA) is 103 Å². The minimum atomic E-state index is -0.821. The largest absolute Gasteiger partial charge is 0.496 e. The third-order valence-electron chi connectivity index (χ3n) is 6.11. The summed E-state index contributed by atoms with van der Waals surface area (Å²) >= 11 is 0. The lowest BCUT2D eigenvalue weighted by molar-refractivity contribution is -0.138. The van der Waals surface area contributed by atoms with Gasteiger partial charge in [0, 0.05) is 24.2 Å². The first-order chi connectivity index (χ1) is 17.0. The van der Waals surface area contributed by atoms with Gasteiger partial charge in [-0.15, -0.1) is 0 Å². The molecule has 4 rings (SSSR count). The SMILES string of the molecule is CCCc1cc(-c2cc(NCCc3cc4c(cc3OC)OCCO4)ncn2)ccc1C(C)C(=O)O. The number of carboxylic acids is 1. The lowest BCUT2D eigenvalue weighted by Gasteiger charge is -2.20. The van der Waals surface area contributed by atoms with Crippen LogP contribution in [-0.2, 0) is 17.6 Å². The highest BCUT2D eigenvalue weighted by molar-refractivity contribution is 5.77. The lowest BCUT2D eigenvalue weighted by Crippen LogP contribution is -2.16. The van der Waals surface area contributed by atoms with Crippen LogP contribution in [-0.4, -0.2) is 47.9 Å². The molecular weight excluding hydrogens is 446 g/mol. The van der Waals surface area contributed by atoms with Crippen LogP contribution in [0.2, 0.25) is 0 Å². The van der Waals surface area contributed by atoms with E-state index in [1.807, 2.05) is 36.4 Å². The number of fused-ring (bicyclic) bond motifs is 1. The highest BCUT2D eigenvalue weighted by Gasteiger charge is 2.19. The number of ether oxygens (including phenoxy) is 3. The van der Waals surface area contributed by atoms with Gasteiger partial charge in [-0.05, 0) is 48.6 Å². The van der Waals surface area contributed by atoms with Crippen molar-refractivity contribution in [1.82, 2.24) is 9.97 Å². The molecule has 0 aliphatic carbocycles. The van der Waals surface area contributed by atoms with Gasteiger partial charge < -0.3 is 24.6 Å². The second-order valence-corrected chi connectivity index (χ2v) is 8.50. The summed E-state index contributed by atoms with van der Waals surface area (Å²) in [5, 5.41) is 12.8. The number of carbonyl (C=O) groups is 1. The van der Waals surface area contributed by atoms with Crippen molar-refractivity contribution in [3.63, 3.8) is 0 Å². The number of methoxy groups -OCH3 is 1. The van der Waals surface area contributed by atoms with Gasteiger partial charge in [0.25, 0.3) is 0 Å². The van der Waals surface area contributed by atoms with E-state index >= 15 is 0 Å². The molecule has 1 unspecified atom stereocenters. The first-order valence-electron chi connectivity index (χ1n) is 11.9. The number of aliphatic carboxylic acids is 1. The Hall–Kier alpha value is -3.81. The summed E-state index contributed by atoms with van der Waals surface area (Å²) in [4.78, 5) is 20.3. The Labute approximate surface area is 205 Å². The summed E-state index contributed by atoms with van der Waals surface area (Å²) in [5.41, 5.74) is 4.63. The molecule has 0 amide bonds. The van der Waals surface area contributed by atoms with Crippen LogP contribution in [0, 0.1) is 0 Å². The van der Waals surface area contributed by atoms with E-state index in [9.17, 15) is 9.90 Å². The molecule has 0 radical (unpaired) electrons. The smallest absolute Gasteiger partial charge is 0.310 e. The predicted molar refractivity (Wildman–Crippen MR) is 134 cm³/mol. The molecule has 1 atom stereocenters. The molecule has 0 saturated carbocycles. The van der Waals surface area contributed by atoms with Gasteiger partial charge in [-0.3, -0.25) is 4.79 Å². The van der Waals surface area contributed by atoms with E-state index in [0.29, 0.717) is 37.7 Å². The van der Waals surface area contributed by atoms with Crippen molar-refractivity contribution in [2.75, 3.05) is 32.2 Å². The number of hydrogen-bond acceptors (Lipinski definition) is 7. The van der Waals surface area contributed by atoms with Crippen molar-refractivity contribution in [3.05, 3.63) is 59.4 Å². The maximum absolute atomic E-state index is 11.5. The zero-order valence-electron chi connectivity index (χ0n) is 20.3. The average Bonchev–Trinajstić information content (AvgIpc) is 2.88. The fraction of sp³-hybridized carbons (Fsp3) is 0.370. The molecule has 8 heteroatoms. The molecule has 2 aromatic carbocycles. The number of hydrogen-bond donors (Lipinski definition) is 2. The van der Waals surface area contributed by atoms with Gasteiger partial charge >= 0.3 is 5.97 Å². The zero-order valence-corrected chi connectivity index (χ0v) is 20.3. The van der Waals surface area contributed by atoms with E-state index in [1.165, 1.54) is 6.33 Å². The van der Waals surface area contributed by atoms with Gasteiger partial charge in [-0.1, -0.05) is 25.5 Å². The normalized spacial score (nSPS) is 13.2. The lowest BCUT2D eigenvalue weighted by atomic mass is 9.91. The van der Waals surface area contributed by atoms with Crippen LogP contribution >= 0.6 is 0 Å². The molecule has 0 spiro atoms. The monoisotopic (exact) mass is 477 g/mol. The number of benzene rings is 2. The van der Waals surface area contributed by atoms with Gasteiger partial charge in [0.1, 0.15) is 31.1 Å². The van der Waals surface area contributed by atoms with E-state index in [4.69, 9.17) is 14.2 Å². The number of nitrogens with zero attached hydrogens (tertiary/aromatic N) is 2. The minimum absolute atomic E-state index is 0.536. The molecule has 2 N–H and O–H groups in total. The Kier molecular flexibility index (Phi) is 7.70. The summed E-state index contributed by atoms with van der Waals surface area (Å²) in [6, 6.07) is 11.6. The van der Waals surface area contributed by atoms with Crippen LogP contribution in [0.1, 0.15) is 42.9 Å². The summed E-state index contributed by atoms with van der Waals surface area (Å²) < 4.78 is 16.9. The van der Waals surface area contributed by atoms with Crippen LogP contribution < -0.4 is 19.5 Å². The molecule has 1 aliphatic heterocycles. The van der Waals surface area contributed by atoms with Gasteiger partial charge in [0.05, 0.1) is 18.7 Å². The quantitative estimate of drug-likeness (QED) is 0.432. The number of rotatable bonds is 10. The third kappa shape index (κ3) is 5.65. The number of aromatic nitrogens is 2. The van der Waals surface area contributed by atoms with Crippen molar-refractivity contribution in [3.8, 4) is 28.5 Å². The zero-order chi connectivity index (χ0) is 24.8. The van der Waals surface area contributed by atoms with Crippen molar-refractivity contribution in [1.29, 1.82) is 0 Å². The molecule has 1 aliphatic rings. The summed E-state index contributed by atoms with van der Waals surface area (Å²) in [6.45, 7) is 5.53. The molecule has 184 valence electrons. The summed E-state index contributed by atoms with van der Waals surface area (Å²) in [5.74, 6) is 1.55. The predicted octanol–water partition coefficient (Wildman–Crippen LogP) is 4.72. The number of anilines is 1. The Balaban J connectivity index is 1.48. The fourth-order valence-corrected chi connectivity index (χ4v) is 4.24. The molecule has 0 fully saturated rings. The van der Waals surface area contributed by atoms with Crippen LogP contribution in [0.25, 0.3) is 11.3 Å². The Morgan fingerprint density at radius 1 is 1.09 bits per heavy atom. The standard InChI is InChI=1S/C27H31N3O5/c1-4-5-18-12-19(6-7-21(18)17(2)27(31)32)22-14-26(30-16-29-22)28-9-8-20-13-24-25(15-23(20)33-3)35-11-10-34-24/h6-7,12-17H,4-5,8-11H2,1-3H3,(H,31,32)(H,28,29,30). The van der Waals surface area contributed by atoms with E-state index in [0.717, 1.165) is 52.3 Å². The maximum atomic E-state index is 11.5. The molecule has 35 heavy (non-hydrogen) atoms. The molecule has 0 bridgehead atoms. The fourth-order valence-electron chi connectivity index (χ4n) is 4.24. The van der Waals surface area contributed by atoms with Gasteiger partial charge in [-0.25, -0.2) is 9.97 Å². The molecule has 3 aromatic rings. The first kappa shape index (κ1) is 24.3. The summed E-state index contributed by atoms with van der Waals surface area (Å²) in [6.07, 6.45) is 3.99. The van der Waals surface area contributed by atoms with E-state index in [2.05, 4.69) is 22.2 Å². The second-order valence-electron chi connectivity index (χ2n) is 8.50. The van der Waals surface area contributed by atoms with Gasteiger partial charge in [-0.2, -0.15) is 0 Å². The highest BCUT2D eigenvalue weighted by Crippen LogP contribution is 2.37. The van der Waals surface area contributed by atoms with Crippen molar-refractivity contribution in [2.45, 2.75) is 39.0 Å². The number of carboxylic acid groups (broad SMARTS) is 1. The molecular formula is C27H31N3O5. The molecule has 0 saturated heterocycles. The van der Waals surface area contributed by atoms with E-state index in [-0.39, 0.29) is 0 Å². The number of nitrogens with one attached hydrogen (secondary N) is 1. The van der Waals surface area contributed by atoms with Crippen LogP contribution in [0.3, 0.4) is 0 Å². The van der Waals surface area contributed by atoms with Crippen LogP contribution in [0.5, 0.6) is 17.2 Å². The Morgan fingerprint density at radius 2 is 1.86 bits per heavy atom. The second kappa shape index (κ2) is 11.1. The van der Waals surface area contributed by atoms with Crippen molar-refractivity contribution >= 4 is 11.8 Å². The first-order valence-corrected chi connectivity index (χ1v) is 11.9. The Bertz CT molecular complexity index is 1200. The van der Waals surface area contributed by atoms with Crippen molar-refractivity contribution < 1.29 is 24.1 Å². The highest BCUT2D eigenvalue weighted by atomic mass is 16.6. The summed E-state index contributed by atoms with van der Waals surface area (Å²) in [7, 11) is 1.65. The van der Waals surface area contributed by atoms with E-state index < -0.39 is 11.9 Å². The maximum Gasteiger partial charge on any atom is 0.310 e. The van der Waals surface area contributed by atoms with Crippen LogP contribution in [0.15, 0.2) is 42.7 Å². The van der Waals surface area contributed by atoms with Gasteiger partial charge in [0.15, 0.2) is 11.5 Å². The molecule has 1 aromatic heterocycles.